The standard InChI is InChI=1S/C32H37F7N2O2/c1-28(2,22-16-23(31(34,35)36)18-24(17-22)32(37,38)39)27(42)40-30(21-6-4-3-5-7-21)9-8-26(25(33)19-30)41-13-10-29(11-14-41)12-15-43-20-29/h3-7,16-18,25-26H,8-15,19-20H2,1-2H3,(H,40,42). The predicted molar refractivity (Wildman–Crippen MR) is 147 cm³/mol. The van der Waals surface area contributed by atoms with Crippen LogP contribution in [0, 0.1) is 5.41 Å². The lowest BCUT2D eigenvalue weighted by Gasteiger charge is -2.49. The van der Waals surface area contributed by atoms with E-state index in [2.05, 4.69) is 10.2 Å². The van der Waals surface area contributed by atoms with Gasteiger partial charge in [-0.3, -0.25) is 9.69 Å². The maximum absolute atomic E-state index is 16.2. The van der Waals surface area contributed by atoms with Crippen molar-refractivity contribution in [3.05, 3.63) is 70.8 Å². The molecule has 236 valence electrons. The molecule has 1 aliphatic carbocycles. The molecular weight excluding hydrogens is 577 g/mol. The highest BCUT2D eigenvalue weighted by molar-refractivity contribution is 5.88. The summed E-state index contributed by atoms with van der Waals surface area (Å²) in [6.45, 7) is 5.56. The van der Waals surface area contributed by atoms with Crippen LogP contribution in [0.3, 0.4) is 0 Å². The van der Waals surface area contributed by atoms with E-state index < -0.39 is 52.1 Å². The number of hydrogen-bond donors (Lipinski definition) is 1. The van der Waals surface area contributed by atoms with Crippen molar-refractivity contribution >= 4 is 5.91 Å². The number of benzene rings is 2. The lowest BCUT2D eigenvalue weighted by atomic mass is 9.71. The molecule has 2 saturated heterocycles. The fourth-order valence-electron chi connectivity index (χ4n) is 6.96. The van der Waals surface area contributed by atoms with Crippen LogP contribution in [0.5, 0.6) is 0 Å². The molecule has 1 amide bonds. The molecule has 1 saturated carbocycles. The molecule has 2 aromatic carbocycles. The summed E-state index contributed by atoms with van der Waals surface area (Å²) in [7, 11) is 0. The second-order valence-corrected chi connectivity index (χ2v) is 13.0. The Morgan fingerprint density at radius 1 is 0.884 bits per heavy atom. The van der Waals surface area contributed by atoms with E-state index in [0.29, 0.717) is 30.5 Å². The van der Waals surface area contributed by atoms with Gasteiger partial charge in [0.2, 0.25) is 5.91 Å². The van der Waals surface area contributed by atoms with Gasteiger partial charge in [0, 0.05) is 19.1 Å². The zero-order chi connectivity index (χ0) is 31.3. The van der Waals surface area contributed by atoms with Crippen LogP contribution < -0.4 is 5.32 Å². The SMILES string of the molecule is CC(C)(C(=O)NC1(c2ccccc2)CCC(N2CCC3(CCOC3)CC2)C(F)C1)c1cc(C(F)(F)F)cc(C(F)(F)F)c1. The van der Waals surface area contributed by atoms with Crippen LogP contribution in [0.4, 0.5) is 30.7 Å². The van der Waals surface area contributed by atoms with Crippen molar-refractivity contribution in [3.8, 4) is 0 Å². The molecule has 5 rings (SSSR count). The van der Waals surface area contributed by atoms with Gasteiger partial charge in [0.1, 0.15) is 6.17 Å². The number of halogens is 7. The van der Waals surface area contributed by atoms with Gasteiger partial charge in [-0.15, -0.1) is 0 Å². The highest BCUT2D eigenvalue weighted by Gasteiger charge is 2.49. The molecule has 0 aromatic heterocycles. The lowest BCUT2D eigenvalue weighted by Crippen LogP contribution is -2.59. The van der Waals surface area contributed by atoms with Gasteiger partial charge in [-0.05, 0) is 93.8 Å². The minimum absolute atomic E-state index is 0.0417. The van der Waals surface area contributed by atoms with Gasteiger partial charge in [0.15, 0.2) is 0 Å². The Kier molecular flexibility index (Phi) is 8.39. The van der Waals surface area contributed by atoms with Gasteiger partial charge in [-0.2, -0.15) is 26.3 Å². The van der Waals surface area contributed by atoms with Gasteiger partial charge in [-0.25, -0.2) is 4.39 Å². The molecule has 43 heavy (non-hydrogen) atoms. The molecule has 3 atom stereocenters. The van der Waals surface area contributed by atoms with Crippen LogP contribution in [0.15, 0.2) is 48.5 Å². The van der Waals surface area contributed by atoms with E-state index in [9.17, 15) is 31.1 Å². The predicted octanol–water partition coefficient (Wildman–Crippen LogP) is 7.41. The first-order chi connectivity index (χ1) is 20.0. The highest BCUT2D eigenvalue weighted by atomic mass is 19.4. The van der Waals surface area contributed by atoms with E-state index in [-0.39, 0.29) is 23.9 Å². The minimum Gasteiger partial charge on any atom is -0.381 e. The van der Waals surface area contributed by atoms with Gasteiger partial charge in [0.25, 0.3) is 0 Å². The van der Waals surface area contributed by atoms with Crippen LogP contribution in [-0.2, 0) is 32.8 Å². The summed E-state index contributed by atoms with van der Waals surface area (Å²) in [5.74, 6) is -0.782. The maximum atomic E-state index is 16.2. The molecule has 4 nitrogen and oxygen atoms in total. The first kappa shape index (κ1) is 31.8. The Balaban J connectivity index is 1.40. The van der Waals surface area contributed by atoms with Crippen molar-refractivity contribution in [2.45, 2.75) is 87.9 Å². The number of likely N-dealkylation sites (tertiary alicyclic amines) is 1. The molecule has 1 N–H and O–H groups in total. The number of ether oxygens (including phenoxy) is 1. The third-order valence-electron chi connectivity index (χ3n) is 9.90. The summed E-state index contributed by atoms with van der Waals surface area (Å²) >= 11 is 0. The Bertz CT molecular complexity index is 1260. The van der Waals surface area contributed by atoms with Crippen LogP contribution in [-0.4, -0.2) is 49.3 Å². The maximum Gasteiger partial charge on any atom is 0.416 e. The quantitative estimate of drug-likeness (QED) is 0.357. The second-order valence-electron chi connectivity index (χ2n) is 13.0. The number of rotatable bonds is 5. The smallest absolute Gasteiger partial charge is 0.381 e. The highest BCUT2D eigenvalue weighted by Crippen LogP contribution is 2.45. The fourth-order valence-corrected chi connectivity index (χ4v) is 6.96. The topological polar surface area (TPSA) is 41.6 Å². The molecule has 0 radical (unpaired) electrons. The van der Waals surface area contributed by atoms with Crippen molar-refractivity contribution in [3.63, 3.8) is 0 Å². The average molecular weight is 615 g/mol. The van der Waals surface area contributed by atoms with E-state index in [1.807, 2.05) is 0 Å². The summed E-state index contributed by atoms with van der Waals surface area (Å²) in [6, 6.07) is 9.66. The molecule has 0 bridgehead atoms. The molecule has 2 aliphatic heterocycles. The van der Waals surface area contributed by atoms with Crippen LogP contribution in [0.2, 0.25) is 0 Å². The van der Waals surface area contributed by atoms with E-state index in [0.717, 1.165) is 45.6 Å². The fraction of sp³-hybridized carbons (Fsp3) is 0.594. The molecule has 2 heterocycles. The Hall–Kier alpha value is -2.66. The molecule has 2 aromatic rings. The zero-order valence-electron chi connectivity index (χ0n) is 24.3. The number of piperidine rings is 1. The number of carbonyl (C=O) groups is 1. The average Bonchev–Trinajstić information content (AvgIpc) is 3.41. The molecule has 11 heteroatoms. The van der Waals surface area contributed by atoms with E-state index in [1.165, 1.54) is 13.8 Å². The number of amides is 1. The second kappa shape index (κ2) is 11.4. The molecule has 3 aliphatic rings. The van der Waals surface area contributed by atoms with Crippen molar-refractivity contribution < 1.29 is 40.3 Å². The normalized spacial score (nSPS) is 26.9. The molecule has 3 fully saturated rings. The Labute approximate surface area is 247 Å². The van der Waals surface area contributed by atoms with Gasteiger partial charge < -0.3 is 10.1 Å². The summed E-state index contributed by atoms with van der Waals surface area (Å²) in [5.41, 5.74) is -5.59. The van der Waals surface area contributed by atoms with Gasteiger partial charge >= 0.3 is 12.4 Å². The van der Waals surface area contributed by atoms with E-state index in [4.69, 9.17) is 4.74 Å². The van der Waals surface area contributed by atoms with Crippen molar-refractivity contribution in [2.24, 2.45) is 5.41 Å². The van der Waals surface area contributed by atoms with Crippen molar-refractivity contribution in [1.29, 1.82) is 0 Å². The molecular formula is C32H37F7N2O2. The zero-order valence-corrected chi connectivity index (χ0v) is 24.3. The lowest BCUT2D eigenvalue weighted by molar-refractivity contribution is -0.143. The largest absolute Gasteiger partial charge is 0.416 e. The number of carbonyl (C=O) groups excluding carboxylic acids is 1. The summed E-state index contributed by atoms with van der Waals surface area (Å²) in [5, 5.41) is 2.92. The summed E-state index contributed by atoms with van der Waals surface area (Å²) in [4.78, 5) is 16.0. The van der Waals surface area contributed by atoms with Crippen LogP contribution >= 0.6 is 0 Å². The van der Waals surface area contributed by atoms with Gasteiger partial charge in [-0.1, -0.05) is 30.3 Å². The number of hydrogen-bond acceptors (Lipinski definition) is 3. The van der Waals surface area contributed by atoms with Crippen molar-refractivity contribution in [1.82, 2.24) is 10.2 Å². The molecule has 3 unspecified atom stereocenters. The third kappa shape index (κ3) is 6.43. The summed E-state index contributed by atoms with van der Waals surface area (Å²) in [6.07, 6.45) is -7.79. The number of nitrogens with zero attached hydrogens (tertiary/aromatic N) is 1. The van der Waals surface area contributed by atoms with Crippen LogP contribution in [0.25, 0.3) is 0 Å². The monoisotopic (exact) mass is 614 g/mol. The first-order valence-corrected chi connectivity index (χ1v) is 14.7. The third-order valence-corrected chi connectivity index (χ3v) is 9.90. The van der Waals surface area contributed by atoms with Crippen molar-refractivity contribution in [2.75, 3.05) is 26.3 Å². The minimum atomic E-state index is -5.05. The van der Waals surface area contributed by atoms with Gasteiger partial charge in [0.05, 0.1) is 28.7 Å². The van der Waals surface area contributed by atoms with Crippen LogP contribution in [0.1, 0.15) is 74.6 Å². The summed E-state index contributed by atoms with van der Waals surface area (Å²) < 4.78 is 103. The number of alkyl halides is 7. The Morgan fingerprint density at radius 2 is 1.47 bits per heavy atom. The van der Waals surface area contributed by atoms with E-state index in [1.54, 1.807) is 30.3 Å². The Morgan fingerprint density at radius 3 is 1.98 bits per heavy atom. The number of nitrogens with one attached hydrogen (secondary N) is 1. The van der Waals surface area contributed by atoms with E-state index >= 15 is 4.39 Å². The first-order valence-electron chi connectivity index (χ1n) is 14.7. The molecule has 1 spiro atoms.